The zero-order valence-electron chi connectivity index (χ0n) is 12.6. The van der Waals surface area contributed by atoms with E-state index in [9.17, 15) is 0 Å². The molecule has 1 unspecified atom stereocenters. The van der Waals surface area contributed by atoms with Crippen molar-refractivity contribution in [2.75, 3.05) is 25.5 Å². The second-order valence-corrected chi connectivity index (χ2v) is 7.24. The molecule has 0 amide bonds. The number of nitrogens with one attached hydrogen (secondary N) is 1. The number of nitrogens with zero attached hydrogens (tertiary/aromatic N) is 1. The van der Waals surface area contributed by atoms with Gasteiger partial charge in [-0.2, -0.15) is 0 Å². The van der Waals surface area contributed by atoms with E-state index in [1.807, 2.05) is 18.7 Å². The molecule has 1 atom stereocenters. The van der Waals surface area contributed by atoms with Crippen molar-refractivity contribution in [3.63, 3.8) is 0 Å². The van der Waals surface area contributed by atoms with Crippen molar-refractivity contribution in [2.45, 2.75) is 52.5 Å². The van der Waals surface area contributed by atoms with Crippen LogP contribution in [0.5, 0.6) is 0 Å². The molecule has 1 N–H and O–H groups in total. The van der Waals surface area contributed by atoms with E-state index < -0.39 is 0 Å². The number of ether oxygens (including phenoxy) is 1. The maximum atomic E-state index is 5.57. The third-order valence-electron chi connectivity index (χ3n) is 4.35. The van der Waals surface area contributed by atoms with E-state index in [1.165, 1.54) is 31.4 Å². The topological polar surface area (TPSA) is 33.6 Å². The molecule has 1 fully saturated rings. The predicted molar refractivity (Wildman–Crippen MR) is 83.9 cm³/mol. The summed E-state index contributed by atoms with van der Waals surface area (Å²) in [6.45, 7) is 9.12. The van der Waals surface area contributed by atoms with Gasteiger partial charge in [-0.1, -0.05) is 38.5 Å². The molecular weight excluding hydrogens is 256 g/mol. The molecule has 2 aliphatic rings. The summed E-state index contributed by atoms with van der Waals surface area (Å²) in [7, 11) is 0. The first-order valence-electron chi connectivity index (χ1n) is 7.67. The van der Waals surface area contributed by atoms with Crippen molar-refractivity contribution in [3.05, 3.63) is 0 Å². The summed E-state index contributed by atoms with van der Waals surface area (Å²) in [5, 5.41) is 4.72. The summed E-state index contributed by atoms with van der Waals surface area (Å²) in [4.78, 5) is 4.81. The van der Waals surface area contributed by atoms with Gasteiger partial charge in [-0.3, -0.25) is 4.99 Å². The van der Waals surface area contributed by atoms with Crippen LogP contribution in [0.3, 0.4) is 0 Å². The van der Waals surface area contributed by atoms with Gasteiger partial charge in [0.15, 0.2) is 5.17 Å². The SMILES string of the molecule is CCOCC(NC1=NCC2(CCCC2)CS1)C(C)C. The number of thioether (sulfide) groups is 1. The van der Waals surface area contributed by atoms with Gasteiger partial charge in [0, 0.05) is 18.9 Å². The fraction of sp³-hybridized carbons (Fsp3) is 0.933. The smallest absolute Gasteiger partial charge is 0.156 e. The zero-order chi connectivity index (χ0) is 13.7. The third-order valence-corrected chi connectivity index (χ3v) is 5.63. The van der Waals surface area contributed by atoms with Crippen LogP contribution >= 0.6 is 11.8 Å². The first kappa shape index (κ1) is 15.2. The van der Waals surface area contributed by atoms with E-state index in [2.05, 4.69) is 19.2 Å². The predicted octanol–water partition coefficient (Wildman–Crippen LogP) is 3.30. The minimum Gasteiger partial charge on any atom is -0.380 e. The van der Waals surface area contributed by atoms with Gasteiger partial charge in [0.2, 0.25) is 0 Å². The lowest BCUT2D eigenvalue weighted by Gasteiger charge is -2.33. The molecule has 1 aliphatic carbocycles. The lowest BCUT2D eigenvalue weighted by atomic mass is 9.89. The molecule has 0 saturated heterocycles. The van der Waals surface area contributed by atoms with Crippen LogP contribution in [-0.2, 0) is 4.74 Å². The van der Waals surface area contributed by atoms with Gasteiger partial charge in [0.1, 0.15) is 0 Å². The summed E-state index contributed by atoms with van der Waals surface area (Å²) in [6, 6.07) is 0.379. The number of hydrogen-bond donors (Lipinski definition) is 1. The molecule has 1 saturated carbocycles. The summed E-state index contributed by atoms with van der Waals surface area (Å²) in [5.41, 5.74) is 0.531. The molecule has 3 nitrogen and oxygen atoms in total. The van der Waals surface area contributed by atoms with Crippen molar-refractivity contribution in [2.24, 2.45) is 16.3 Å². The second-order valence-electron chi connectivity index (χ2n) is 6.27. The molecule has 0 radical (unpaired) electrons. The van der Waals surface area contributed by atoms with Gasteiger partial charge in [-0.05, 0) is 31.1 Å². The summed E-state index contributed by atoms with van der Waals surface area (Å²) in [5.74, 6) is 1.82. The van der Waals surface area contributed by atoms with E-state index >= 15 is 0 Å². The Morgan fingerprint density at radius 1 is 1.37 bits per heavy atom. The number of hydrogen-bond acceptors (Lipinski definition) is 4. The van der Waals surface area contributed by atoms with Crippen LogP contribution in [0.4, 0.5) is 0 Å². The molecule has 0 aromatic heterocycles. The highest BCUT2D eigenvalue weighted by atomic mass is 32.2. The fourth-order valence-electron chi connectivity index (χ4n) is 2.87. The van der Waals surface area contributed by atoms with Crippen molar-refractivity contribution >= 4 is 16.9 Å². The van der Waals surface area contributed by atoms with Crippen LogP contribution in [0.25, 0.3) is 0 Å². The van der Waals surface area contributed by atoms with E-state index in [-0.39, 0.29) is 0 Å². The van der Waals surface area contributed by atoms with Crippen LogP contribution < -0.4 is 5.32 Å². The maximum absolute atomic E-state index is 5.57. The van der Waals surface area contributed by atoms with Gasteiger partial charge in [-0.15, -0.1) is 0 Å². The molecule has 0 aromatic carbocycles. The average molecular weight is 284 g/mol. The molecule has 2 rings (SSSR count). The van der Waals surface area contributed by atoms with Gasteiger partial charge in [-0.25, -0.2) is 0 Å². The normalized spacial score (nSPS) is 23.7. The van der Waals surface area contributed by atoms with E-state index in [0.717, 1.165) is 24.9 Å². The molecule has 1 aliphatic heterocycles. The monoisotopic (exact) mass is 284 g/mol. The largest absolute Gasteiger partial charge is 0.380 e. The lowest BCUT2D eigenvalue weighted by Crippen LogP contribution is -2.43. The van der Waals surface area contributed by atoms with Crippen LogP contribution in [0.1, 0.15) is 46.5 Å². The van der Waals surface area contributed by atoms with Crippen molar-refractivity contribution in [3.8, 4) is 0 Å². The molecule has 0 aromatic rings. The lowest BCUT2D eigenvalue weighted by molar-refractivity contribution is 0.115. The Bertz CT molecular complexity index is 311. The average Bonchev–Trinajstić information content (AvgIpc) is 2.85. The van der Waals surface area contributed by atoms with Gasteiger partial charge >= 0.3 is 0 Å². The molecule has 4 heteroatoms. The van der Waals surface area contributed by atoms with E-state index in [0.29, 0.717) is 17.4 Å². The van der Waals surface area contributed by atoms with Gasteiger partial charge < -0.3 is 10.1 Å². The molecule has 0 bridgehead atoms. The van der Waals surface area contributed by atoms with Crippen LogP contribution in [0.2, 0.25) is 0 Å². The Labute approximate surface area is 122 Å². The second kappa shape index (κ2) is 6.98. The summed E-state index contributed by atoms with van der Waals surface area (Å²) in [6.07, 6.45) is 5.56. The molecular formula is C15H28N2OS. The quantitative estimate of drug-likeness (QED) is 0.841. The molecule has 110 valence electrons. The highest BCUT2D eigenvalue weighted by Crippen LogP contribution is 2.43. The standard InChI is InChI=1S/C15H28N2OS/c1-4-18-9-13(12(2)3)17-14-16-10-15(11-19-14)7-5-6-8-15/h12-13H,4-11H2,1-3H3,(H,16,17). The van der Waals surface area contributed by atoms with Crippen LogP contribution in [-0.4, -0.2) is 36.7 Å². The summed E-state index contributed by atoms with van der Waals surface area (Å²) < 4.78 is 5.57. The minimum absolute atomic E-state index is 0.379. The Balaban J connectivity index is 1.86. The Morgan fingerprint density at radius 3 is 2.63 bits per heavy atom. The van der Waals surface area contributed by atoms with Crippen molar-refractivity contribution < 1.29 is 4.74 Å². The number of rotatable bonds is 5. The fourth-order valence-corrected chi connectivity index (χ4v) is 4.08. The highest BCUT2D eigenvalue weighted by molar-refractivity contribution is 8.13. The third kappa shape index (κ3) is 4.12. The highest BCUT2D eigenvalue weighted by Gasteiger charge is 2.36. The first-order chi connectivity index (χ1) is 9.15. The van der Waals surface area contributed by atoms with Crippen molar-refractivity contribution in [1.29, 1.82) is 0 Å². The molecule has 19 heavy (non-hydrogen) atoms. The van der Waals surface area contributed by atoms with Crippen LogP contribution in [0, 0.1) is 11.3 Å². The Morgan fingerprint density at radius 2 is 2.11 bits per heavy atom. The summed E-state index contributed by atoms with van der Waals surface area (Å²) >= 11 is 1.92. The number of amidine groups is 1. The Hall–Kier alpha value is -0.220. The van der Waals surface area contributed by atoms with Crippen molar-refractivity contribution in [1.82, 2.24) is 5.32 Å². The van der Waals surface area contributed by atoms with Gasteiger partial charge in [0.25, 0.3) is 0 Å². The minimum atomic E-state index is 0.379. The molecule has 1 spiro atoms. The maximum Gasteiger partial charge on any atom is 0.156 e. The Kier molecular flexibility index (Phi) is 5.58. The number of aliphatic imine (C=N–C) groups is 1. The first-order valence-corrected chi connectivity index (χ1v) is 8.65. The van der Waals surface area contributed by atoms with E-state index in [1.54, 1.807) is 0 Å². The van der Waals surface area contributed by atoms with Gasteiger partial charge in [0.05, 0.1) is 12.6 Å². The van der Waals surface area contributed by atoms with E-state index in [4.69, 9.17) is 9.73 Å². The molecule has 1 heterocycles. The van der Waals surface area contributed by atoms with Crippen LogP contribution in [0.15, 0.2) is 4.99 Å². The zero-order valence-corrected chi connectivity index (χ0v) is 13.4.